The second-order valence-corrected chi connectivity index (χ2v) is 5.91. The molecule has 130 valence electrons. The average Bonchev–Trinajstić information content (AvgIpc) is 3.07. The van der Waals surface area contributed by atoms with Crippen molar-refractivity contribution in [2.24, 2.45) is 0 Å². The summed E-state index contributed by atoms with van der Waals surface area (Å²) in [6.45, 7) is 0.734. The Bertz CT molecular complexity index is 1030. The number of anilines is 3. The number of nitrogens with zero attached hydrogens (tertiary/aromatic N) is 2. The van der Waals surface area contributed by atoms with E-state index in [4.69, 9.17) is 0 Å². The molecule has 0 atom stereocenters. The van der Waals surface area contributed by atoms with E-state index in [1.807, 2.05) is 18.3 Å². The maximum Gasteiger partial charge on any atom is 0.229 e. The normalized spacial score (nSPS) is 10.8. The van der Waals surface area contributed by atoms with Crippen LogP contribution >= 0.6 is 0 Å². The van der Waals surface area contributed by atoms with Crippen LogP contribution in [-0.4, -0.2) is 21.5 Å². The maximum atomic E-state index is 13.7. The zero-order valence-corrected chi connectivity index (χ0v) is 14.0. The largest absolute Gasteiger partial charge is 0.370 e. The van der Waals surface area contributed by atoms with Crippen molar-refractivity contribution in [3.63, 3.8) is 0 Å². The fourth-order valence-electron chi connectivity index (χ4n) is 2.86. The third-order valence-electron chi connectivity index (χ3n) is 4.15. The van der Waals surface area contributed by atoms with Crippen LogP contribution in [0.2, 0.25) is 0 Å². The fraction of sp³-hybridized carbons (Fsp3) is 0.100. The molecule has 0 saturated heterocycles. The Morgan fingerprint density at radius 1 is 1.00 bits per heavy atom. The molecule has 0 radical (unpaired) electrons. The molecule has 0 saturated carbocycles. The van der Waals surface area contributed by atoms with Gasteiger partial charge in [-0.05, 0) is 36.2 Å². The second-order valence-electron chi connectivity index (χ2n) is 5.91. The molecule has 0 aliphatic rings. The molecule has 2 aromatic carbocycles. The summed E-state index contributed by atoms with van der Waals surface area (Å²) in [5.41, 5.74) is 2.75. The second kappa shape index (κ2) is 7.23. The quantitative estimate of drug-likeness (QED) is 0.481. The van der Waals surface area contributed by atoms with Crippen molar-refractivity contribution in [1.29, 1.82) is 0 Å². The zero-order chi connectivity index (χ0) is 17.8. The summed E-state index contributed by atoms with van der Waals surface area (Å²) in [7, 11) is 0. The lowest BCUT2D eigenvalue weighted by Crippen LogP contribution is -2.08. The van der Waals surface area contributed by atoms with Gasteiger partial charge in [-0.3, -0.25) is 0 Å². The molecule has 3 N–H and O–H groups in total. The van der Waals surface area contributed by atoms with Gasteiger partial charge < -0.3 is 15.6 Å². The topological polar surface area (TPSA) is 65.6 Å². The number of para-hydroxylation sites is 2. The number of H-pyrrole nitrogens is 1. The minimum absolute atomic E-state index is 0.339. The lowest BCUT2D eigenvalue weighted by molar-refractivity contribution is 0.631. The van der Waals surface area contributed by atoms with Crippen LogP contribution in [0, 0.1) is 5.82 Å². The smallest absolute Gasteiger partial charge is 0.229 e. The van der Waals surface area contributed by atoms with E-state index < -0.39 is 0 Å². The summed E-state index contributed by atoms with van der Waals surface area (Å²) in [5, 5.41) is 7.42. The Balaban J connectivity index is 1.40. The van der Waals surface area contributed by atoms with Crippen LogP contribution in [0.3, 0.4) is 0 Å². The monoisotopic (exact) mass is 347 g/mol. The van der Waals surface area contributed by atoms with Crippen LogP contribution in [0.1, 0.15) is 5.56 Å². The van der Waals surface area contributed by atoms with Crippen molar-refractivity contribution in [2.75, 3.05) is 17.2 Å². The van der Waals surface area contributed by atoms with Gasteiger partial charge >= 0.3 is 0 Å². The SMILES string of the molecule is Fc1ccccc1Nc1nccc(NCCc2c[nH]c3ccccc23)n1. The number of hydrogen-bond donors (Lipinski definition) is 3. The number of fused-ring (bicyclic) bond motifs is 1. The summed E-state index contributed by atoms with van der Waals surface area (Å²) in [6, 6.07) is 16.5. The van der Waals surface area contributed by atoms with Gasteiger partial charge in [-0.15, -0.1) is 0 Å². The first-order valence-corrected chi connectivity index (χ1v) is 8.43. The third kappa shape index (κ3) is 3.49. The fourth-order valence-corrected chi connectivity index (χ4v) is 2.86. The Morgan fingerprint density at radius 2 is 1.85 bits per heavy atom. The van der Waals surface area contributed by atoms with E-state index in [1.165, 1.54) is 17.0 Å². The number of nitrogens with one attached hydrogen (secondary N) is 3. The van der Waals surface area contributed by atoms with Crippen LogP contribution in [-0.2, 0) is 6.42 Å². The predicted molar refractivity (Wildman–Crippen MR) is 102 cm³/mol. The van der Waals surface area contributed by atoms with Gasteiger partial charge in [0, 0.05) is 29.8 Å². The lowest BCUT2D eigenvalue weighted by atomic mass is 10.1. The van der Waals surface area contributed by atoms with Gasteiger partial charge in [-0.1, -0.05) is 30.3 Å². The molecule has 0 aliphatic heterocycles. The molecule has 0 amide bonds. The molecule has 0 bridgehead atoms. The first-order chi connectivity index (χ1) is 12.8. The van der Waals surface area contributed by atoms with Gasteiger partial charge in [0.2, 0.25) is 5.95 Å². The van der Waals surface area contributed by atoms with Gasteiger partial charge in [0.15, 0.2) is 0 Å². The average molecular weight is 347 g/mol. The molecule has 5 nitrogen and oxygen atoms in total. The van der Waals surface area contributed by atoms with Crippen molar-refractivity contribution >= 4 is 28.4 Å². The van der Waals surface area contributed by atoms with E-state index in [2.05, 4.69) is 37.7 Å². The Kier molecular flexibility index (Phi) is 4.47. The maximum absolute atomic E-state index is 13.7. The van der Waals surface area contributed by atoms with Gasteiger partial charge in [0.1, 0.15) is 11.6 Å². The Labute approximate surface area is 150 Å². The van der Waals surface area contributed by atoms with E-state index in [0.717, 1.165) is 18.5 Å². The van der Waals surface area contributed by atoms with E-state index in [0.29, 0.717) is 17.5 Å². The molecule has 0 spiro atoms. The molecule has 26 heavy (non-hydrogen) atoms. The summed E-state index contributed by atoms with van der Waals surface area (Å²) >= 11 is 0. The highest BCUT2D eigenvalue weighted by molar-refractivity contribution is 5.83. The lowest BCUT2D eigenvalue weighted by Gasteiger charge is -2.09. The summed E-state index contributed by atoms with van der Waals surface area (Å²) < 4.78 is 13.7. The molecule has 0 unspecified atom stereocenters. The van der Waals surface area contributed by atoms with Crippen LogP contribution < -0.4 is 10.6 Å². The molecular weight excluding hydrogens is 329 g/mol. The van der Waals surface area contributed by atoms with Gasteiger partial charge in [-0.25, -0.2) is 9.37 Å². The van der Waals surface area contributed by atoms with Crippen molar-refractivity contribution < 1.29 is 4.39 Å². The Hall–Kier alpha value is -3.41. The minimum Gasteiger partial charge on any atom is -0.370 e. The van der Waals surface area contributed by atoms with Crippen molar-refractivity contribution in [1.82, 2.24) is 15.0 Å². The van der Waals surface area contributed by atoms with Gasteiger partial charge in [-0.2, -0.15) is 4.98 Å². The minimum atomic E-state index is -0.339. The number of halogens is 1. The summed E-state index contributed by atoms with van der Waals surface area (Å²) in [4.78, 5) is 11.8. The van der Waals surface area contributed by atoms with Gasteiger partial charge in [0.25, 0.3) is 0 Å². The highest BCUT2D eigenvalue weighted by atomic mass is 19.1. The van der Waals surface area contributed by atoms with E-state index in [1.54, 1.807) is 30.5 Å². The van der Waals surface area contributed by atoms with Gasteiger partial charge in [0.05, 0.1) is 5.69 Å². The van der Waals surface area contributed by atoms with E-state index in [9.17, 15) is 4.39 Å². The standard InChI is InChI=1S/C20H18FN5/c21-16-6-2-4-8-18(16)25-20-23-12-10-19(26-20)22-11-9-14-13-24-17-7-3-1-5-15(14)17/h1-8,10,12-13,24H,9,11H2,(H2,22,23,25,26). The first-order valence-electron chi connectivity index (χ1n) is 8.43. The number of benzene rings is 2. The molecule has 2 heterocycles. The van der Waals surface area contributed by atoms with Crippen LogP contribution in [0.15, 0.2) is 67.0 Å². The van der Waals surface area contributed by atoms with E-state index in [-0.39, 0.29) is 5.82 Å². The molecule has 4 rings (SSSR count). The third-order valence-corrected chi connectivity index (χ3v) is 4.15. The number of aromatic amines is 1. The number of hydrogen-bond acceptors (Lipinski definition) is 4. The predicted octanol–water partition coefficient (Wildman–Crippen LogP) is 4.50. The number of aromatic nitrogens is 3. The van der Waals surface area contributed by atoms with E-state index >= 15 is 0 Å². The zero-order valence-electron chi connectivity index (χ0n) is 14.0. The van der Waals surface area contributed by atoms with Crippen molar-refractivity contribution in [3.8, 4) is 0 Å². The van der Waals surface area contributed by atoms with Crippen LogP contribution in [0.5, 0.6) is 0 Å². The molecule has 2 aromatic heterocycles. The molecular formula is C20H18FN5. The number of rotatable bonds is 6. The van der Waals surface area contributed by atoms with Crippen LogP contribution in [0.25, 0.3) is 10.9 Å². The molecule has 4 aromatic rings. The summed E-state index contributed by atoms with van der Waals surface area (Å²) in [6.07, 6.45) is 4.55. The van der Waals surface area contributed by atoms with Crippen molar-refractivity contribution in [3.05, 3.63) is 78.4 Å². The van der Waals surface area contributed by atoms with Crippen molar-refractivity contribution in [2.45, 2.75) is 6.42 Å². The first kappa shape index (κ1) is 16.1. The Morgan fingerprint density at radius 3 is 2.77 bits per heavy atom. The molecule has 0 fully saturated rings. The highest BCUT2D eigenvalue weighted by Crippen LogP contribution is 2.19. The summed E-state index contributed by atoms with van der Waals surface area (Å²) in [5.74, 6) is 0.708. The highest BCUT2D eigenvalue weighted by Gasteiger charge is 2.05. The molecule has 6 heteroatoms. The van der Waals surface area contributed by atoms with Crippen LogP contribution in [0.4, 0.5) is 21.8 Å². The molecule has 0 aliphatic carbocycles.